The van der Waals surface area contributed by atoms with E-state index >= 15 is 0 Å². The number of nitriles is 1. The molecule has 0 aliphatic heterocycles. The van der Waals surface area contributed by atoms with Gasteiger partial charge in [0.2, 0.25) is 0 Å². The first-order valence-electron chi connectivity index (χ1n) is 7.10. The summed E-state index contributed by atoms with van der Waals surface area (Å²) < 4.78 is 2.23. The van der Waals surface area contributed by atoms with Crippen molar-refractivity contribution in [2.24, 2.45) is 0 Å². The highest BCUT2D eigenvalue weighted by Crippen LogP contribution is 2.20. The molecule has 1 saturated carbocycles. The summed E-state index contributed by atoms with van der Waals surface area (Å²) >= 11 is 0. The Hall–Kier alpha value is -1.79. The fourth-order valence-corrected chi connectivity index (χ4v) is 3.03. The van der Waals surface area contributed by atoms with Gasteiger partial charge in [0.15, 0.2) is 0 Å². The van der Waals surface area contributed by atoms with Gasteiger partial charge in [-0.1, -0.05) is 18.9 Å². The Morgan fingerprint density at radius 1 is 1.26 bits per heavy atom. The predicted molar refractivity (Wildman–Crippen MR) is 76.9 cm³/mol. The lowest BCUT2D eigenvalue weighted by Crippen LogP contribution is -2.29. The van der Waals surface area contributed by atoms with E-state index in [1.807, 2.05) is 18.2 Å². The van der Waals surface area contributed by atoms with E-state index in [9.17, 15) is 0 Å². The molecule has 1 aliphatic carbocycles. The number of aromatic nitrogens is 1. The largest absolute Gasteiger partial charge is 0.346 e. The van der Waals surface area contributed by atoms with Crippen LogP contribution < -0.4 is 5.32 Å². The van der Waals surface area contributed by atoms with Gasteiger partial charge in [-0.2, -0.15) is 5.26 Å². The van der Waals surface area contributed by atoms with E-state index in [0.29, 0.717) is 0 Å². The Labute approximate surface area is 113 Å². The second kappa shape index (κ2) is 5.46. The van der Waals surface area contributed by atoms with Gasteiger partial charge < -0.3 is 9.88 Å². The summed E-state index contributed by atoms with van der Waals surface area (Å²) in [5.74, 6) is 0. The van der Waals surface area contributed by atoms with Crippen molar-refractivity contribution in [3.63, 3.8) is 0 Å². The average molecular weight is 253 g/mol. The second-order valence-corrected chi connectivity index (χ2v) is 5.29. The summed E-state index contributed by atoms with van der Waals surface area (Å²) in [6.45, 7) is 1.97. The van der Waals surface area contributed by atoms with Crippen LogP contribution in [0.2, 0.25) is 0 Å². The first-order chi connectivity index (χ1) is 9.38. The molecular weight excluding hydrogens is 234 g/mol. The molecule has 0 bridgehead atoms. The van der Waals surface area contributed by atoms with Crippen molar-refractivity contribution >= 4 is 10.9 Å². The summed E-state index contributed by atoms with van der Waals surface area (Å²) in [5.41, 5.74) is 1.92. The van der Waals surface area contributed by atoms with E-state index < -0.39 is 0 Å². The van der Waals surface area contributed by atoms with E-state index in [-0.39, 0.29) is 0 Å². The minimum atomic E-state index is 0.719. The maximum Gasteiger partial charge on any atom is 0.0998 e. The first-order valence-corrected chi connectivity index (χ1v) is 7.10. The van der Waals surface area contributed by atoms with Crippen molar-refractivity contribution in [1.29, 1.82) is 5.26 Å². The third-order valence-electron chi connectivity index (χ3n) is 4.08. The van der Waals surface area contributed by atoms with Crippen LogP contribution in [0.4, 0.5) is 0 Å². The molecule has 0 radical (unpaired) electrons. The molecule has 0 amide bonds. The van der Waals surface area contributed by atoms with Gasteiger partial charge >= 0.3 is 0 Å². The number of hydrogen-bond acceptors (Lipinski definition) is 2. The fraction of sp³-hybridized carbons (Fsp3) is 0.438. The lowest BCUT2D eigenvalue weighted by Gasteiger charge is -2.12. The van der Waals surface area contributed by atoms with Crippen molar-refractivity contribution < 1.29 is 0 Å². The van der Waals surface area contributed by atoms with E-state index in [4.69, 9.17) is 5.26 Å². The SMILES string of the molecule is N#Cc1cccc2c1ccn2CCNC1CCCC1. The van der Waals surface area contributed by atoms with Gasteiger partial charge in [0, 0.05) is 36.2 Å². The quantitative estimate of drug-likeness (QED) is 0.909. The summed E-state index contributed by atoms with van der Waals surface area (Å²) in [4.78, 5) is 0. The van der Waals surface area contributed by atoms with Gasteiger partial charge in [-0.25, -0.2) is 0 Å². The van der Waals surface area contributed by atoms with Crippen LogP contribution in [0.25, 0.3) is 10.9 Å². The third kappa shape index (κ3) is 2.50. The van der Waals surface area contributed by atoms with Crippen molar-refractivity contribution in [3.8, 4) is 6.07 Å². The Morgan fingerprint density at radius 3 is 2.89 bits per heavy atom. The maximum atomic E-state index is 9.09. The van der Waals surface area contributed by atoms with Crippen LogP contribution in [-0.4, -0.2) is 17.2 Å². The zero-order chi connectivity index (χ0) is 13.1. The van der Waals surface area contributed by atoms with Gasteiger partial charge in [0.05, 0.1) is 11.6 Å². The standard InChI is InChI=1S/C16H19N3/c17-12-13-4-3-7-16-15(13)8-10-19(16)11-9-18-14-5-1-2-6-14/h3-4,7-8,10,14,18H,1-2,5-6,9,11H2. The highest BCUT2D eigenvalue weighted by atomic mass is 15.0. The summed E-state index contributed by atoms with van der Waals surface area (Å²) in [7, 11) is 0. The monoisotopic (exact) mass is 253 g/mol. The molecule has 1 fully saturated rings. The number of fused-ring (bicyclic) bond motifs is 1. The molecule has 3 nitrogen and oxygen atoms in total. The Balaban J connectivity index is 1.69. The van der Waals surface area contributed by atoms with Gasteiger partial charge in [0.1, 0.15) is 0 Å². The highest BCUT2D eigenvalue weighted by Gasteiger charge is 2.13. The van der Waals surface area contributed by atoms with Crippen LogP contribution in [0.5, 0.6) is 0 Å². The Kier molecular flexibility index (Phi) is 3.52. The van der Waals surface area contributed by atoms with Crippen molar-refractivity contribution in [2.75, 3.05) is 6.54 Å². The zero-order valence-electron chi connectivity index (χ0n) is 11.1. The molecule has 98 valence electrons. The zero-order valence-corrected chi connectivity index (χ0v) is 11.1. The minimum Gasteiger partial charge on any atom is -0.346 e. The topological polar surface area (TPSA) is 40.8 Å². The average Bonchev–Trinajstić information content (AvgIpc) is 3.08. The number of hydrogen-bond donors (Lipinski definition) is 1. The molecule has 1 aliphatic rings. The summed E-state index contributed by atoms with van der Waals surface area (Å²) in [6, 6.07) is 10.9. The smallest absolute Gasteiger partial charge is 0.0998 e. The molecule has 1 N–H and O–H groups in total. The molecule has 19 heavy (non-hydrogen) atoms. The number of benzene rings is 1. The van der Waals surface area contributed by atoms with Crippen molar-refractivity contribution in [2.45, 2.75) is 38.3 Å². The van der Waals surface area contributed by atoms with Crippen LogP contribution in [0, 0.1) is 11.3 Å². The lowest BCUT2D eigenvalue weighted by molar-refractivity contribution is 0.501. The molecule has 1 heterocycles. The fourth-order valence-electron chi connectivity index (χ4n) is 3.03. The normalized spacial score (nSPS) is 15.9. The van der Waals surface area contributed by atoms with Crippen LogP contribution in [0.1, 0.15) is 31.2 Å². The molecule has 0 spiro atoms. The number of nitrogens with one attached hydrogen (secondary N) is 1. The van der Waals surface area contributed by atoms with E-state index in [2.05, 4.69) is 28.2 Å². The summed E-state index contributed by atoms with van der Waals surface area (Å²) in [6.07, 6.45) is 7.48. The molecular formula is C16H19N3. The lowest BCUT2D eigenvalue weighted by atomic mass is 10.1. The van der Waals surface area contributed by atoms with Crippen LogP contribution in [0.15, 0.2) is 30.5 Å². The van der Waals surface area contributed by atoms with Crippen molar-refractivity contribution in [1.82, 2.24) is 9.88 Å². The molecule has 0 saturated heterocycles. The summed E-state index contributed by atoms with van der Waals surface area (Å²) in [5, 5.41) is 13.8. The molecule has 3 heteroatoms. The van der Waals surface area contributed by atoms with Gasteiger partial charge in [0.25, 0.3) is 0 Å². The molecule has 2 aromatic rings. The van der Waals surface area contributed by atoms with E-state index in [0.717, 1.165) is 35.6 Å². The number of rotatable bonds is 4. The van der Waals surface area contributed by atoms with Crippen molar-refractivity contribution in [3.05, 3.63) is 36.0 Å². The number of nitrogens with zero attached hydrogens (tertiary/aromatic N) is 2. The maximum absolute atomic E-state index is 9.09. The van der Waals surface area contributed by atoms with Crippen LogP contribution >= 0.6 is 0 Å². The van der Waals surface area contributed by atoms with Gasteiger partial charge in [-0.15, -0.1) is 0 Å². The van der Waals surface area contributed by atoms with E-state index in [1.165, 1.54) is 25.7 Å². The van der Waals surface area contributed by atoms with E-state index in [1.54, 1.807) is 0 Å². The Bertz CT molecular complexity index is 600. The molecule has 3 rings (SSSR count). The molecule has 0 atom stereocenters. The molecule has 1 aromatic heterocycles. The minimum absolute atomic E-state index is 0.719. The van der Waals surface area contributed by atoms with Gasteiger partial charge in [-0.3, -0.25) is 0 Å². The first kappa shape index (κ1) is 12.3. The Morgan fingerprint density at radius 2 is 2.11 bits per heavy atom. The molecule has 0 unspecified atom stereocenters. The third-order valence-corrected chi connectivity index (χ3v) is 4.08. The van der Waals surface area contributed by atoms with Crippen LogP contribution in [0.3, 0.4) is 0 Å². The van der Waals surface area contributed by atoms with Crippen LogP contribution in [-0.2, 0) is 6.54 Å². The molecule has 1 aromatic carbocycles. The highest BCUT2D eigenvalue weighted by molar-refractivity contribution is 5.85. The predicted octanol–water partition coefficient (Wildman–Crippen LogP) is 3.05. The van der Waals surface area contributed by atoms with Gasteiger partial charge in [-0.05, 0) is 31.0 Å². The second-order valence-electron chi connectivity index (χ2n) is 5.29.